The summed E-state index contributed by atoms with van der Waals surface area (Å²) < 4.78 is 1.02. The third kappa shape index (κ3) is 3.44. The Labute approximate surface area is 121 Å². The summed E-state index contributed by atoms with van der Waals surface area (Å²) in [6, 6.07) is 7.81. The standard InChI is InChI=1S/C14H17BrN4/c1-8(2)14-18-12(16)7-13(19-14)17-11-6-10(15)5-4-9(11)3/h4-8H,1-3H3,(H3,16,17,18,19). The highest BCUT2D eigenvalue weighted by Crippen LogP contribution is 2.25. The summed E-state index contributed by atoms with van der Waals surface area (Å²) >= 11 is 3.46. The van der Waals surface area contributed by atoms with Crippen LogP contribution in [-0.4, -0.2) is 9.97 Å². The molecule has 19 heavy (non-hydrogen) atoms. The van der Waals surface area contributed by atoms with Crippen molar-refractivity contribution in [3.8, 4) is 0 Å². The fourth-order valence-corrected chi connectivity index (χ4v) is 2.04. The highest BCUT2D eigenvalue weighted by molar-refractivity contribution is 9.10. The van der Waals surface area contributed by atoms with Crippen molar-refractivity contribution in [3.05, 3.63) is 40.1 Å². The van der Waals surface area contributed by atoms with Crippen molar-refractivity contribution in [2.24, 2.45) is 0 Å². The van der Waals surface area contributed by atoms with E-state index in [2.05, 4.69) is 31.2 Å². The van der Waals surface area contributed by atoms with Crippen LogP contribution >= 0.6 is 15.9 Å². The maximum absolute atomic E-state index is 5.82. The Morgan fingerprint density at radius 2 is 1.95 bits per heavy atom. The Morgan fingerprint density at radius 1 is 1.21 bits per heavy atom. The number of anilines is 3. The molecule has 4 nitrogen and oxygen atoms in total. The lowest BCUT2D eigenvalue weighted by atomic mass is 10.2. The summed E-state index contributed by atoms with van der Waals surface area (Å²) in [5.41, 5.74) is 7.97. The molecule has 5 heteroatoms. The van der Waals surface area contributed by atoms with Crippen LogP contribution in [0.25, 0.3) is 0 Å². The van der Waals surface area contributed by atoms with E-state index in [0.29, 0.717) is 5.82 Å². The number of benzene rings is 1. The van der Waals surface area contributed by atoms with E-state index in [-0.39, 0.29) is 5.92 Å². The summed E-state index contributed by atoms with van der Waals surface area (Å²) in [6.45, 7) is 6.13. The number of halogens is 1. The lowest BCUT2D eigenvalue weighted by Gasteiger charge is -2.12. The predicted octanol–water partition coefficient (Wildman–Crippen LogP) is 4.00. The van der Waals surface area contributed by atoms with E-state index in [0.717, 1.165) is 27.4 Å². The van der Waals surface area contributed by atoms with E-state index >= 15 is 0 Å². The molecule has 100 valence electrons. The van der Waals surface area contributed by atoms with Gasteiger partial charge in [0.05, 0.1) is 0 Å². The van der Waals surface area contributed by atoms with Gasteiger partial charge in [0.25, 0.3) is 0 Å². The molecule has 0 amide bonds. The first-order chi connectivity index (χ1) is 8.95. The first kappa shape index (κ1) is 13.8. The van der Waals surface area contributed by atoms with Gasteiger partial charge in [-0.05, 0) is 24.6 Å². The molecule has 2 rings (SSSR count). The Balaban J connectivity index is 2.35. The topological polar surface area (TPSA) is 63.8 Å². The van der Waals surface area contributed by atoms with Crippen LogP contribution in [-0.2, 0) is 0 Å². The van der Waals surface area contributed by atoms with Crippen molar-refractivity contribution in [1.29, 1.82) is 0 Å². The monoisotopic (exact) mass is 320 g/mol. The zero-order chi connectivity index (χ0) is 14.0. The van der Waals surface area contributed by atoms with Gasteiger partial charge < -0.3 is 11.1 Å². The van der Waals surface area contributed by atoms with Crippen LogP contribution in [0.4, 0.5) is 17.3 Å². The first-order valence-corrected chi connectivity index (χ1v) is 6.92. The fourth-order valence-electron chi connectivity index (χ4n) is 1.67. The maximum atomic E-state index is 5.82. The number of nitrogens with two attached hydrogens (primary N) is 1. The average Bonchev–Trinajstić information content (AvgIpc) is 2.33. The summed E-state index contributed by atoms with van der Waals surface area (Å²) in [5, 5.41) is 3.29. The summed E-state index contributed by atoms with van der Waals surface area (Å²) in [6.07, 6.45) is 0. The molecule has 1 aromatic carbocycles. The van der Waals surface area contributed by atoms with Gasteiger partial charge in [-0.15, -0.1) is 0 Å². The zero-order valence-electron chi connectivity index (χ0n) is 11.2. The third-order valence-corrected chi connectivity index (χ3v) is 3.24. The molecule has 1 heterocycles. The average molecular weight is 321 g/mol. The molecule has 0 unspecified atom stereocenters. The number of rotatable bonds is 3. The van der Waals surface area contributed by atoms with Crippen LogP contribution < -0.4 is 11.1 Å². The number of aryl methyl sites for hydroxylation is 1. The second-order valence-electron chi connectivity index (χ2n) is 4.78. The maximum Gasteiger partial charge on any atom is 0.136 e. The van der Waals surface area contributed by atoms with Crippen LogP contribution in [0.1, 0.15) is 31.2 Å². The van der Waals surface area contributed by atoms with Gasteiger partial charge in [-0.3, -0.25) is 0 Å². The smallest absolute Gasteiger partial charge is 0.136 e. The summed E-state index contributed by atoms with van der Waals surface area (Å²) in [7, 11) is 0. The van der Waals surface area contributed by atoms with Crippen molar-refractivity contribution in [2.75, 3.05) is 11.1 Å². The van der Waals surface area contributed by atoms with Gasteiger partial charge in [0, 0.05) is 22.1 Å². The van der Waals surface area contributed by atoms with Gasteiger partial charge in [0.2, 0.25) is 0 Å². The highest BCUT2D eigenvalue weighted by Gasteiger charge is 2.08. The molecule has 0 bridgehead atoms. The minimum absolute atomic E-state index is 0.243. The fraction of sp³-hybridized carbons (Fsp3) is 0.286. The number of hydrogen-bond acceptors (Lipinski definition) is 4. The summed E-state index contributed by atoms with van der Waals surface area (Å²) in [5.74, 6) is 2.19. The number of nitrogens with one attached hydrogen (secondary N) is 1. The second-order valence-corrected chi connectivity index (χ2v) is 5.69. The Bertz CT molecular complexity index is 596. The van der Waals surface area contributed by atoms with Crippen LogP contribution in [0.2, 0.25) is 0 Å². The van der Waals surface area contributed by atoms with E-state index in [1.165, 1.54) is 0 Å². The van der Waals surface area contributed by atoms with Crippen LogP contribution in [0, 0.1) is 6.92 Å². The van der Waals surface area contributed by atoms with E-state index in [9.17, 15) is 0 Å². The molecule has 0 saturated carbocycles. The van der Waals surface area contributed by atoms with Crippen LogP contribution in [0.3, 0.4) is 0 Å². The lowest BCUT2D eigenvalue weighted by Crippen LogP contribution is -2.05. The van der Waals surface area contributed by atoms with Gasteiger partial charge in [0.15, 0.2) is 0 Å². The van der Waals surface area contributed by atoms with E-state index in [1.807, 2.05) is 39.0 Å². The molecule has 0 radical (unpaired) electrons. The molecule has 0 aliphatic rings. The first-order valence-electron chi connectivity index (χ1n) is 6.13. The molecule has 0 aliphatic carbocycles. The Hall–Kier alpha value is -1.62. The number of hydrogen-bond donors (Lipinski definition) is 2. The van der Waals surface area contributed by atoms with Crippen molar-refractivity contribution in [3.63, 3.8) is 0 Å². The van der Waals surface area contributed by atoms with Gasteiger partial charge in [0.1, 0.15) is 17.5 Å². The number of nitrogens with zero attached hydrogens (tertiary/aromatic N) is 2. The third-order valence-electron chi connectivity index (χ3n) is 2.74. The minimum atomic E-state index is 0.243. The molecular weight excluding hydrogens is 304 g/mol. The van der Waals surface area contributed by atoms with Crippen LogP contribution in [0.15, 0.2) is 28.7 Å². The molecule has 0 atom stereocenters. The SMILES string of the molecule is Cc1ccc(Br)cc1Nc1cc(N)nc(C(C)C)n1. The second kappa shape index (κ2) is 5.57. The largest absolute Gasteiger partial charge is 0.384 e. The van der Waals surface area contributed by atoms with E-state index in [4.69, 9.17) is 5.73 Å². The number of aromatic nitrogens is 2. The number of nitrogen functional groups attached to an aromatic ring is 1. The Kier molecular flexibility index (Phi) is 4.04. The normalized spacial score (nSPS) is 10.8. The molecule has 0 saturated heterocycles. The minimum Gasteiger partial charge on any atom is -0.384 e. The van der Waals surface area contributed by atoms with Gasteiger partial charge in [-0.25, -0.2) is 9.97 Å². The molecule has 0 aliphatic heterocycles. The van der Waals surface area contributed by atoms with E-state index < -0.39 is 0 Å². The molecule has 0 spiro atoms. The van der Waals surface area contributed by atoms with Crippen molar-refractivity contribution in [2.45, 2.75) is 26.7 Å². The molecule has 3 N–H and O–H groups in total. The van der Waals surface area contributed by atoms with Gasteiger partial charge in [-0.1, -0.05) is 35.8 Å². The Morgan fingerprint density at radius 3 is 2.63 bits per heavy atom. The van der Waals surface area contributed by atoms with Gasteiger partial charge >= 0.3 is 0 Å². The highest BCUT2D eigenvalue weighted by atomic mass is 79.9. The van der Waals surface area contributed by atoms with Gasteiger partial charge in [-0.2, -0.15) is 0 Å². The summed E-state index contributed by atoms with van der Waals surface area (Å²) in [4.78, 5) is 8.71. The lowest BCUT2D eigenvalue weighted by molar-refractivity contribution is 0.779. The van der Waals surface area contributed by atoms with Crippen molar-refractivity contribution in [1.82, 2.24) is 9.97 Å². The quantitative estimate of drug-likeness (QED) is 0.897. The zero-order valence-corrected chi connectivity index (χ0v) is 12.8. The van der Waals surface area contributed by atoms with Crippen LogP contribution in [0.5, 0.6) is 0 Å². The van der Waals surface area contributed by atoms with E-state index in [1.54, 1.807) is 6.07 Å². The molecule has 2 aromatic rings. The molecular formula is C14H17BrN4. The molecule has 0 fully saturated rings. The predicted molar refractivity (Wildman–Crippen MR) is 82.7 cm³/mol. The van der Waals surface area contributed by atoms with Crippen molar-refractivity contribution < 1.29 is 0 Å². The van der Waals surface area contributed by atoms with Crippen molar-refractivity contribution >= 4 is 33.3 Å². The molecule has 1 aromatic heterocycles.